The fourth-order valence-electron chi connectivity index (χ4n) is 2.74. The highest BCUT2D eigenvalue weighted by Crippen LogP contribution is 2.40. The number of ether oxygens (including phenoxy) is 3. The van der Waals surface area contributed by atoms with Crippen molar-refractivity contribution in [3.63, 3.8) is 0 Å². The third kappa shape index (κ3) is 4.60. The molecule has 2 aromatic rings. The third-order valence-corrected chi connectivity index (χ3v) is 5.87. The van der Waals surface area contributed by atoms with Crippen LogP contribution < -0.4 is 19.5 Å². The number of hydrogen-bond acceptors (Lipinski definition) is 7. The second-order valence-electron chi connectivity index (χ2n) is 5.88. The summed E-state index contributed by atoms with van der Waals surface area (Å²) in [6.07, 6.45) is 1.75. The van der Waals surface area contributed by atoms with E-state index in [-0.39, 0.29) is 12.6 Å². The second-order valence-corrected chi connectivity index (χ2v) is 7.97. The summed E-state index contributed by atoms with van der Waals surface area (Å²) in [6.45, 7) is 0.223. The van der Waals surface area contributed by atoms with E-state index in [9.17, 15) is 4.79 Å². The summed E-state index contributed by atoms with van der Waals surface area (Å²) in [5.74, 6) is 1.32. The Balaban J connectivity index is 1.82. The van der Waals surface area contributed by atoms with Gasteiger partial charge in [0.1, 0.15) is 4.32 Å². The average molecular weight is 451 g/mol. The molecule has 3 rings (SSSR count). The van der Waals surface area contributed by atoms with Gasteiger partial charge >= 0.3 is 0 Å². The largest absolute Gasteiger partial charge is 0.493 e. The van der Waals surface area contributed by atoms with Gasteiger partial charge in [-0.2, -0.15) is 0 Å². The molecule has 1 amide bonds. The lowest BCUT2D eigenvalue weighted by molar-refractivity contribution is -0.121. The molecule has 0 spiro atoms. The normalized spacial score (nSPS) is 15.0. The van der Waals surface area contributed by atoms with Crippen LogP contribution >= 0.6 is 35.6 Å². The van der Waals surface area contributed by atoms with Gasteiger partial charge in [0.2, 0.25) is 5.75 Å². The summed E-state index contributed by atoms with van der Waals surface area (Å²) >= 11 is 12.8. The zero-order chi connectivity index (χ0) is 21.0. The van der Waals surface area contributed by atoms with E-state index in [4.69, 9.17) is 38.0 Å². The first-order valence-electron chi connectivity index (χ1n) is 8.52. The van der Waals surface area contributed by atoms with Crippen LogP contribution in [0.1, 0.15) is 5.56 Å². The van der Waals surface area contributed by atoms with Gasteiger partial charge in [-0.1, -0.05) is 47.7 Å². The van der Waals surface area contributed by atoms with Crippen LogP contribution in [-0.2, 0) is 4.79 Å². The fourth-order valence-corrected chi connectivity index (χ4v) is 4.20. The van der Waals surface area contributed by atoms with Gasteiger partial charge in [0.05, 0.1) is 43.6 Å². The Morgan fingerprint density at radius 2 is 1.79 bits per heavy atom. The van der Waals surface area contributed by atoms with Gasteiger partial charge in [-0.3, -0.25) is 9.69 Å². The number of nitrogens with one attached hydrogen (secondary N) is 1. The lowest BCUT2D eigenvalue weighted by Crippen LogP contribution is -2.33. The minimum absolute atomic E-state index is 0.187. The van der Waals surface area contributed by atoms with E-state index >= 15 is 0 Å². The van der Waals surface area contributed by atoms with Crippen molar-refractivity contribution in [2.24, 2.45) is 0 Å². The summed E-state index contributed by atoms with van der Waals surface area (Å²) < 4.78 is 16.5. The van der Waals surface area contributed by atoms with Crippen LogP contribution in [0, 0.1) is 0 Å². The van der Waals surface area contributed by atoms with Crippen LogP contribution in [0.15, 0.2) is 41.3 Å². The van der Waals surface area contributed by atoms with Crippen molar-refractivity contribution in [1.29, 1.82) is 0 Å². The second kappa shape index (κ2) is 9.39. The molecule has 2 aromatic carbocycles. The summed E-state index contributed by atoms with van der Waals surface area (Å²) in [5, 5.41) is 3.72. The Hall–Kier alpha value is -2.42. The van der Waals surface area contributed by atoms with Crippen molar-refractivity contribution in [1.82, 2.24) is 4.90 Å². The summed E-state index contributed by atoms with van der Waals surface area (Å²) in [4.78, 5) is 14.8. The first kappa shape index (κ1) is 21.3. The summed E-state index contributed by atoms with van der Waals surface area (Å²) in [6, 6.07) is 10.9. The number of rotatable bonds is 7. The van der Waals surface area contributed by atoms with Crippen LogP contribution in [0.4, 0.5) is 5.69 Å². The molecule has 0 unspecified atom stereocenters. The minimum Gasteiger partial charge on any atom is -0.493 e. The van der Waals surface area contributed by atoms with Crippen molar-refractivity contribution in [3.05, 3.63) is 51.9 Å². The number of nitrogens with zero attached hydrogens (tertiary/aromatic N) is 1. The van der Waals surface area contributed by atoms with E-state index in [1.165, 1.54) is 23.8 Å². The van der Waals surface area contributed by atoms with E-state index in [2.05, 4.69) is 5.32 Å². The van der Waals surface area contributed by atoms with Gasteiger partial charge in [0.15, 0.2) is 11.5 Å². The highest BCUT2D eigenvalue weighted by molar-refractivity contribution is 8.26. The number of anilines is 1. The predicted molar refractivity (Wildman–Crippen MR) is 121 cm³/mol. The number of halogens is 1. The van der Waals surface area contributed by atoms with Crippen LogP contribution in [-0.4, -0.2) is 43.1 Å². The van der Waals surface area contributed by atoms with E-state index in [0.717, 1.165) is 11.3 Å². The van der Waals surface area contributed by atoms with Crippen LogP contribution in [0.5, 0.6) is 17.2 Å². The molecule has 152 valence electrons. The average Bonchev–Trinajstić information content (AvgIpc) is 2.99. The molecule has 6 nitrogen and oxygen atoms in total. The van der Waals surface area contributed by atoms with Gasteiger partial charge in [0, 0.05) is 0 Å². The number of methoxy groups -OCH3 is 3. The maximum atomic E-state index is 12.8. The van der Waals surface area contributed by atoms with Gasteiger partial charge in [-0.05, 0) is 35.9 Å². The van der Waals surface area contributed by atoms with E-state index in [1.807, 2.05) is 18.2 Å². The van der Waals surface area contributed by atoms with Crippen LogP contribution in [0.25, 0.3) is 6.08 Å². The van der Waals surface area contributed by atoms with Crippen LogP contribution in [0.3, 0.4) is 0 Å². The topological polar surface area (TPSA) is 60.0 Å². The highest BCUT2D eigenvalue weighted by atomic mass is 35.5. The number of hydrogen-bond donors (Lipinski definition) is 1. The Bertz CT molecular complexity index is 956. The number of thioether (sulfide) groups is 1. The number of carbonyl (C=O) groups excluding carboxylic acids is 1. The summed E-state index contributed by atoms with van der Waals surface area (Å²) in [5.41, 5.74) is 1.47. The Kier molecular flexibility index (Phi) is 6.89. The molecule has 1 N–H and O–H groups in total. The highest BCUT2D eigenvalue weighted by Gasteiger charge is 2.32. The lowest BCUT2D eigenvalue weighted by Gasteiger charge is -2.16. The zero-order valence-corrected chi connectivity index (χ0v) is 18.4. The zero-order valence-electron chi connectivity index (χ0n) is 16.0. The Labute approximate surface area is 183 Å². The van der Waals surface area contributed by atoms with E-state index < -0.39 is 0 Å². The molecule has 1 fully saturated rings. The molecule has 0 saturated carbocycles. The number of amides is 1. The molecule has 0 atom stereocenters. The molecule has 1 saturated heterocycles. The van der Waals surface area contributed by atoms with Gasteiger partial charge in [0.25, 0.3) is 5.91 Å². The number of benzene rings is 2. The SMILES string of the molecule is COc1cc(/C=C2/SC(=S)N(CNc3ccccc3Cl)C2=O)cc(OC)c1OC. The van der Waals surface area contributed by atoms with Gasteiger partial charge < -0.3 is 19.5 Å². The molecule has 1 aliphatic heterocycles. The Morgan fingerprint density at radius 3 is 2.38 bits per heavy atom. The quantitative estimate of drug-likeness (QED) is 0.487. The van der Waals surface area contributed by atoms with Crippen molar-refractivity contribution in [2.75, 3.05) is 33.3 Å². The molecule has 29 heavy (non-hydrogen) atoms. The maximum Gasteiger partial charge on any atom is 0.267 e. The maximum absolute atomic E-state index is 12.8. The fraction of sp³-hybridized carbons (Fsp3) is 0.200. The lowest BCUT2D eigenvalue weighted by atomic mass is 10.1. The standard InChI is InChI=1S/C20H19ClN2O4S2/c1-25-15-8-12(9-16(26-2)18(15)27-3)10-17-19(24)23(20(28)29-17)11-22-14-7-5-4-6-13(14)21/h4-10,22H,11H2,1-3H3/b17-10+. The monoisotopic (exact) mass is 450 g/mol. The molecule has 0 aliphatic carbocycles. The van der Waals surface area contributed by atoms with E-state index in [1.54, 1.807) is 38.5 Å². The first-order valence-corrected chi connectivity index (χ1v) is 10.1. The molecule has 1 aliphatic rings. The van der Waals surface area contributed by atoms with E-state index in [0.29, 0.717) is 31.5 Å². The third-order valence-electron chi connectivity index (χ3n) is 4.16. The number of carbonyl (C=O) groups is 1. The number of thiocarbonyl (C=S) groups is 1. The van der Waals surface area contributed by atoms with Gasteiger partial charge in [-0.15, -0.1) is 0 Å². The molecule has 1 heterocycles. The van der Waals surface area contributed by atoms with Crippen molar-refractivity contribution >= 4 is 57.6 Å². The van der Waals surface area contributed by atoms with Crippen LogP contribution in [0.2, 0.25) is 5.02 Å². The van der Waals surface area contributed by atoms with Crippen molar-refractivity contribution in [2.45, 2.75) is 0 Å². The molecule has 0 aromatic heterocycles. The minimum atomic E-state index is -0.187. The predicted octanol–water partition coefficient (Wildman–Crippen LogP) is 4.64. The number of para-hydroxylation sites is 1. The van der Waals surface area contributed by atoms with Crippen molar-refractivity contribution < 1.29 is 19.0 Å². The molecular formula is C20H19ClN2O4S2. The summed E-state index contributed by atoms with van der Waals surface area (Å²) in [7, 11) is 4.62. The molecular weight excluding hydrogens is 432 g/mol. The Morgan fingerprint density at radius 1 is 1.14 bits per heavy atom. The molecule has 9 heteroatoms. The smallest absolute Gasteiger partial charge is 0.267 e. The van der Waals surface area contributed by atoms with Crippen molar-refractivity contribution in [3.8, 4) is 17.2 Å². The molecule has 0 bridgehead atoms. The molecule has 0 radical (unpaired) electrons. The first-order chi connectivity index (χ1) is 14.0. The van der Waals surface area contributed by atoms with Gasteiger partial charge in [-0.25, -0.2) is 0 Å².